The average Bonchev–Trinajstić information content (AvgIpc) is 2.77. The largest absolute Gasteiger partial charge is 0.356 e. The van der Waals surface area contributed by atoms with Crippen molar-refractivity contribution in [2.75, 3.05) is 38.2 Å². The molecule has 0 unspecified atom stereocenters. The van der Waals surface area contributed by atoms with Gasteiger partial charge in [0.05, 0.1) is 0 Å². The number of halogens is 1. The highest BCUT2D eigenvalue weighted by Crippen LogP contribution is 2.27. The van der Waals surface area contributed by atoms with Crippen LogP contribution in [0.2, 0.25) is 0 Å². The lowest BCUT2D eigenvalue weighted by molar-refractivity contribution is -0.136. The van der Waals surface area contributed by atoms with Crippen molar-refractivity contribution >= 4 is 47.6 Å². The molecule has 0 radical (unpaired) electrons. The maximum absolute atomic E-state index is 12.8. The van der Waals surface area contributed by atoms with Crippen LogP contribution in [0.15, 0.2) is 35.3 Å². The van der Waals surface area contributed by atoms with Gasteiger partial charge in [-0.2, -0.15) is 11.8 Å². The van der Waals surface area contributed by atoms with Gasteiger partial charge in [-0.25, -0.2) is 0 Å². The van der Waals surface area contributed by atoms with Crippen LogP contribution in [0.1, 0.15) is 45.1 Å². The van der Waals surface area contributed by atoms with E-state index in [2.05, 4.69) is 64.7 Å². The summed E-state index contributed by atoms with van der Waals surface area (Å²) < 4.78 is 0. The summed E-state index contributed by atoms with van der Waals surface area (Å²) in [6.45, 7) is 7.29. The van der Waals surface area contributed by atoms with Crippen LogP contribution in [0.4, 0.5) is 0 Å². The molecule has 1 aromatic rings. The summed E-state index contributed by atoms with van der Waals surface area (Å²) in [6.07, 6.45) is 5.06. The number of carbonyl (C=O) groups excluding carboxylic acids is 1. The number of guanidine groups is 1. The predicted octanol–water partition coefficient (Wildman–Crippen LogP) is 4.17. The minimum Gasteiger partial charge on any atom is -0.356 e. The summed E-state index contributed by atoms with van der Waals surface area (Å²) in [5.74, 6) is 3.65. The van der Waals surface area contributed by atoms with Crippen molar-refractivity contribution in [1.82, 2.24) is 15.5 Å². The van der Waals surface area contributed by atoms with Gasteiger partial charge >= 0.3 is 0 Å². The zero-order valence-electron chi connectivity index (χ0n) is 19.2. The predicted molar refractivity (Wildman–Crippen MR) is 143 cm³/mol. The third-order valence-corrected chi connectivity index (χ3v) is 7.17. The molecule has 174 valence electrons. The molecule has 1 aliphatic heterocycles. The van der Waals surface area contributed by atoms with Crippen molar-refractivity contribution < 1.29 is 4.79 Å². The molecule has 2 N–H and O–H groups in total. The number of thioether (sulfide) groups is 1. The second kappa shape index (κ2) is 12.9. The molecule has 0 bridgehead atoms. The molecule has 1 heterocycles. The fourth-order valence-electron chi connectivity index (χ4n) is 4.45. The third-order valence-electron chi connectivity index (χ3n) is 6.22. The van der Waals surface area contributed by atoms with Gasteiger partial charge in [0, 0.05) is 50.1 Å². The summed E-state index contributed by atoms with van der Waals surface area (Å²) in [5, 5.41) is 7.12. The molecule has 2 fully saturated rings. The van der Waals surface area contributed by atoms with Crippen molar-refractivity contribution in [1.29, 1.82) is 0 Å². The monoisotopic (exact) mass is 558 g/mol. The van der Waals surface area contributed by atoms with E-state index >= 15 is 0 Å². The van der Waals surface area contributed by atoms with Crippen LogP contribution in [0.3, 0.4) is 0 Å². The van der Waals surface area contributed by atoms with Gasteiger partial charge < -0.3 is 15.5 Å². The standard InChI is InChI=1S/C24H38N4OS.HI/c1-24(2,17-19-7-5-4-6-8-19)18-26-23(25-3)27-21-11-9-20(10-12-21)22(29)28-13-15-30-16-14-28;/h4-8,20-21H,9-18H2,1-3H3,(H2,25,26,27);1H. The lowest BCUT2D eigenvalue weighted by atomic mass is 9.85. The molecule has 3 rings (SSSR count). The number of benzene rings is 1. The molecule has 0 aromatic heterocycles. The summed E-state index contributed by atoms with van der Waals surface area (Å²) in [7, 11) is 1.84. The molecule has 31 heavy (non-hydrogen) atoms. The molecule has 1 aliphatic carbocycles. The van der Waals surface area contributed by atoms with Gasteiger partial charge in [0.25, 0.3) is 0 Å². The van der Waals surface area contributed by atoms with Gasteiger partial charge in [-0.3, -0.25) is 9.79 Å². The van der Waals surface area contributed by atoms with Crippen LogP contribution in [-0.2, 0) is 11.2 Å². The Bertz CT molecular complexity index is 699. The zero-order chi connectivity index (χ0) is 21.4. The Morgan fingerprint density at radius 1 is 1.13 bits per heavy atom. The highest BCUT2D eigenvalue weighted by atomic mass is 127. The van der Waals surface area contributed by atoms with E-state index < -0.39 is 0 Å². The second-order valence-electron chi connectivity index (χ2n) is 9.38. The molecule has 1 aromatic carbocycles. The second-order valence-corrected chi connectivity index (χ2v) is 10.6. The van der Waals surface area contributed by atoms with Gasteiger partial charge in [0.2, 0.25) is 5.91 Å². The van der Waals surface area contributed by atoms with E-state index in [4.69, 9.17) is 0 Å². The van der Waals surface area contributed by atoms with E-state index in [-0.39, 0.29) is 35.3 Å². The van der Waals surface area contributed by atoms with Crippen molar-refractivity contribution in [3.63, 3.8) is 0 Å². The first-order valence-corrected chi connectivity index (χ1v) is 12.5. The van der Waals surface area contributed by atoms with Gasteiger partial charge in [0.15, 0.2) is 5.96 Å². The molecular weight excluding hydrogens is 519 g/mol. The van der Waals surface area contributed by atoms with Crippen molar-refractivity contribution in [2.24, 2.45) is 16.3 Å². The van der Waals surface area contributed by atoms with E-state index in [1.165, 1.54) is 5.56 Å². The zero-order valence-corrected chi connectivity index (χ0v) is 22.4. The fraction of sp³-hybridized carbons (Fsp3) is 0.667. The number of nitrogens with zero attached hydrogens (tertiary/aromatic N) is 2. The number of hydrogen-bond acceptors (Lipinski definition) is 3. The Hall–Kier alpha value is -0.960. The Kier molecular flexibility index (Phi) is 11.0. The molecule has 5 nitrogen and oxygen atoms in total. The Balaban J connectivity index is 0.00000341. The molecule has 1 saturated heterocycles. The SMILES string of the molecule is CN=C(NCC(C)(C)Cc1ccccc1)NC1CCC(C(=O)N2CCSCC2)CC1.I. The number of aliphatic imine (C=N–C) groups is 1. The van der Waals surface area contributed by atoms with E-state index in [1.807, 2.05) is 18.8 Å². The number of hydrogen-bond donors (Lipinski definition) is 2. The molecule has 1 saturated carbocycles. The van der Waals surface area contributed by atoms with Crippen LogP contribution in [0, 0.1) is 11.3 Å². The molecule has 0 spiro atoms. The van der Waals surface area contributed by atoms with Crippen molar-refractivity contribution in [3.05, 3.63) is 35.9 Å². The molecule has 1 amide bonds. The fourth-order valence-corrected chi connectivity index (χ4v) is 5.35. The topological polar surface area (TPSA) is 56.7 Å². The highest BCUT2D eigenvalue weighted by molar-refractivity contribution is 14.0. The number of carbonyl (C=O) groups is 1. The van der Waals surface area contributed by atoms with Crippen LogP contribution in [-0.4, -0.2) is 61.0 Å². The van der Waals surface area contributed by atoms with Gasteiger partial charge in [-0.1, -0.05) is 44.2 Å². The smallest absolute Gasteiger partial charge is 0.225 e. The summed E-state index contributed by atoms with van der Waals surface area (Å²) >= 11 is 1.95. The lowest BCUT2D eigenvalue weighted by Crippen LogP contribution is -2.49. The molecule has 7 heteroatoms. The van der Waals surface area contributed by atoms with E-state index in [9.17, 15) is 4.79 Å². The van der Waals surface area contributed by atoms with E-state index in [1.54, 1.807) is 0 Å². The van der Waals surface area contributed by atoms with Crippen molar-refractivity contribution in [3.8, 4) is 0 Å². The Labute approximate surface area is 209 Å². The number of rotatable bonds is 6. The maximum Gasteiger partial charge on any atom is 0.225 e. The van der Waals surface area contributed by atoms with Crippen LogP contribution < -0.4 is 10.6 Å². The Morgan fingerprint density at radius 3 is 2.39 bits per heavy atom. The number of nitrogens with one attached hydrogen (secondary N) is 2. The maximum atomic E-state index is 12.8. The van der Waals surface area contributed by atoms with E-state index in [0.29, 0.717) is 11.9 Å². The minimum absolute atomic E-state index is 0. The first-order valence-electron chi connectivity index (χ1n) is 11.3. The number of amides is 1. The van der Waals surface area contributed by atoms with E-state index in [0.717, 1.165) is 69.2 Å². The Morgan fingerprint density at radius 2 is 1.77 bits per heavy atom. The first kappa shape index (κ1) is 26.3. The van der Waals surface area contributed by atoms with Crippen LogP contribution in [0.25, 0.3) is 0 Å². The van der Waals surface area contributed by atoms with Crippen LogP contribution in [0.5, 0.6) is 0 Å². The molecule has 0 atom stereocenters. The van der Waals surface area contributed by atoms with Crippen molar-refractivity contribution in [2.45, 2.75) is 52.0 Å². The lowest BCUT2D eigenvalue weighted by Gasteiger charge is -2.34. The van der Waals surface area contributed by atoms with Gasteiger partial charge in [-0.15, -0.1) is 24.0 Å². The summed E-state index contributed by atoms with van der Waals surface area (Å²) in [5.41, 5.74) is 1.50. The summed E-state index contributed by atoms with van der Waals surface area (Å²) in [6, 6.07) is 11.0. The van der Waals surface area contributed by atoms with Crippen LogP contribution >= 0.6 is 35.7 Å². The minimum atomic E-state index is 0. The molecular formula is C24H39IN4OS. The molecule has 2 aliphatic rings. The first-order chi connectivity index (χ1) is 14.5. The quantitative estimate of drug-likeness (QED) is 0.313. The third kappa shape index (κ3) is 8.48. The van der Waals surface area contributed by atoms with Gasteiger partial charge in [-0.05, 0) is 43.1 Å². The normalized spacial score (nSPS) is 22.4. The average molecular weight is 559 g/mol. The van der Waals surface area contributed by atoms with Gasteiger partial charge in [0.1, 0.15) is 0 Å². The highest BCUT2D eigenvalue weighted by Gasteiger charge is 2.30. The summed E-state index contributed by atoms with van der Waals surface area (Å²) in [4.78, 5) is 19.3.